The summed E-state index contributed by atoms with van der Waals surface area (Å²) in [6.07, 6.45) is 0. The number of benzene rings is 2. The molecule has 0 radical (unpaired) electrons. The van der Waals surface area contributed by atoms with Crippen LogP contribution in [0.2, 0.25) is 0 Å². The smallest absolute Gasteiger partial charge is 0.388 e. The van der Waals surface area contributed by atoms with Crippen molar-refractivity contribution in [3.05, 3.63) is 30.3 Å². The molecule has 1 aliphatic rings. The van der Waals surface area contributed by atoms with Crippen molar-refractivity contribution >= 4 is 18.2 Å². The van der Waals surface area contributed by atoms with Gasteiger partial charge >= 0.3 is 6.80 Å². The zero-order valence-electron chi connectivity index (χ0n) is 15.3. The third kappa shape index (κ3) is 3.90. The number of hydrogen-bond acceptors (Lipinski definition) is 8. The molecule has 2 aromatic carbocycles. The number of rotatable bonds is 6. The largest absolute Gasteiger partial charge is 0.496 e. The number of hydrogen-bond donors (Lipinski definition) is 3. The Bertz CT molecular complexity index is 1110. The van der Waals surface area contributed by atoms with Crippen LogP contribution in [0.5, 0.6) is 23.0 Å². The van der Waals surface area contributed by atoms with Gasteiger partial charge in [0.05, 0.1) is 19.1 Å². The van der Waals surface area contributed by atoms with Crippen LogP contribution in [0.15, 0.2) is 35.2 Å². The van der Waals surface area contributed by atoms with Gasteiger partial charge in [0.15, 0.2) is 11.5 Å². The second-order valence-electron chi connectivity index (χ2n) is 5.88. The number of aromatic amines is 1. The number of aromatic nitrogens is 3. The quantitative estimate of drug-likeness (QED) is 0.494. The molecule has 0 bridgehead atoms. The minimum Gasteiger partial charge on any atom is -0.496 e. The third-order valence-corrected chi connectivity index (χ3v) is 6.19. The predicted octanol–water partition coefficient (Wildman–Crippen LogP) is 3.07. The Morgan fingerprint density at radius 3 is 2.45 bits per heavy atom. The SMILES string of the molecule is COc1ccc(-c2n[nH]nc2-c2cc(OC)c3c(c2)OCO3)cc1SP(=O)(O)O. The summed E-state index contributed by atoms with van der Waals surface area (Å²) in [7, 11) is 2.96. The lowest BCUT2D eigenvalue weighted by molar-refractivity contribution is 0.171. The molecular weight excluding hydrogens is 421 g/mol. The van der Waals surface area contributed by atoms with Crippen LogP contribution in [0.25, 0.3) is 22.5 Å². The molecule has 0 amide bonds. The van der Waals surface area contributed by atoms with Crippen molar-refractivity contribution in [1.82, 2.24) is 15.4 Å². The zero-order chi connectivity index (χ0) is 20.6. The van der Waals surface area contributed by atoms with Gasteiger partial charge in [0, 0.05) is 11.1 Å². The lowest BCUT2D eigenvalue weighted by atomic mass is 10.0. The molecule has 1 aliphatic heterocycles. The number of methoxy groups -OCH3 is 2. The average molecular weight is 437 g/mol. The van der Waals surface area contributed by atoms with Gasteiger partial charge in [-0.2, -0.15) is 15.4 Å². The highest BCUT2D eigenvalue weighted by Gasteiger charge is 2.24. The van der Waals surface area contributed by atoms with Gasteiger partial charge in [-0.25, -0.2) is 4.57 Å². The summed E-state index contributed by atoms with van der Waals surface area (Å²) in [4.78, 5) is 19.0. The summed E-state index contributed by atoms with van der Waals surface area (Å²) in [5, 5.41) is 11.0. The van der Waals surface area contributed by atoms with Gasteiger partial charge in [-0.3, -0.25) is 0 Å². The van der Waals surface area contributed by atoms with E-state index in [1.54, 1.807) is 30.3 Å². The van der Waals surface area contributed by atoms with Gasteiger partial charge in [0.2, 0.25) is 12.5 Å². The summed E-state index contributed by atoms with van der Waals surface area (Å²) in [5.74, 6) is 1.89. The lowest BCUT2D eigenvalue weighted by Gasteiger charge is -2.11. The van der Waals surface area contributed by atoms with Gasteiger partial charge in [0.1, 0.15) is 17.1 Å². The Hall–Kier alpha value is -2.72. The molecule has 0 saturated heterocycles. The Morgan fingerprint density at radius 2 is 1.76 bits per heavy atom. The highest BCUT2D eigenvalue weighted by Crippen LogP contribution is 2.57. The van der Waals surface area contributed by atoms with E-state index in [1.165, 1.54) is 14.2 Å². The fourth-order valence-corrected chi connectivity index (χ4v) is 4.80. The Kier molecular flexibility index (Phi) is 5.13. The van der Waals surface area contributed by atoms with Crippen molar-refractivity contribution in [3.8, 4) is 45.5 Å². The summed E-state index contributed by atoms with van der Waals surface area (Å²) < 4.78 is 32.9. The van der Waals surface area contributed by atoms with Gasteiger partial charge in [-0.15, -0.1) is 0 Å². The molecule has 152 valence electrons. The Morgan fingerprint density at radius 1 is 1.03 bits per heavy atom. The second kappa shape index (κ2) is 7.60. The standard InChI is InChI=1S/C17H16N3O7PS/c1-24-11-4-3-9(7-14(11)29-28(21,22)23)15-16(19-20-18-15)10-5-12(25-2)17-13(6-10)26-8-27-17/h3-7H,8H2,1-2H3,(H,18,19,20)(H2,21,22,23). The average Bonchev–Trinajstić information content (AvgIpc) is 3.35. The molecule has 1 aromatic heterocycles. The van der Waals surface area contributed by atoms with E-state index >= 15 is 0 Å². The maximum Gasteiger partial charge on any atom is 0.388 e. The molecule has 0 atom stereocenters. The number of ether oxygens (including phenoxy) is 4. The molecule has 12 heteroatoms. The first-order valence-corrected chi connectivity index (χ1v) is 11.3. The van der Waals surface area contributed by atoms with E-state index in [2.05, 4.69) is 15.4 Å². The first-order chi connectivity index (χ1) is 13.9. The molecule has 3 N–H and O–H groups in total. The molecule has 0 unspecified atom stereocenters. The van der Waals surface area contributed by atoms with E-state index in [9.17, 15) is 14.4 Å². The van der Waals surface area contributed by atoms with Crippen molar-refractivity contribution < 1.29 is 33.3 Å². The molecular formula is C17H16N3O7PS. The lowest BCUT2D eigenvalue weighted by Crippen LogP contribution is -1.93. The van der Waals surface area contributed by atoms with Crippen LogP contribution < -0.4 is 18.9 Å². The summed E-state index contributed by atoms with van der Waals surface area (Å²) in [6.45, 7) is -4.27. The number of nitrogens with one attached hydrogen (secondary N) is 1. The van der Waals surface area contributed by atoms with Crippen molar-refractivity contribution in [2.75, 3.05) is 21.0 Å². The van der Waals surface area contributed by atoms with Crippen molar-refractivity contribution in [3.63, 3.8) is 0 Å². The highest BCUT2D eigenvalue weighted by molar-refractivity contribution is 8.54. The topological polar surface area (TPSA) is 136 Å². The molecule has 29 heavy (non-hydrogen) atoms. The molecule has 0 spiro atoms. The zero-order valence-corrected chi connectivity index (χ0v) is 17.0. The number of fused-ring (bicyclic) bond motifs is 1. The molecule has 3 aromatic rings. The van der Waals surface area contributed by atoms with Crippen LogP contribution in [0.3, 0.4) is 0 Å². The van der Waals surface area contributed by atoms with Crippen LogP contribution in [0, 0.1) is 0 Å². The van der Waals surface area contributed by atoms with Gasteiger partial charge < -0.3 is 28.7 Å². The van der Waals surface area contributed by atoms with E-state index in [4.69, 9.17) is 18.9 Å². The molecule has 2 heterocycles. The second-order valence-corrected chi connectivity index (χ2v) is 9.46. The van der Waals surface area contributed by atoms with E-state index in [0.717, 1.165) is 0 Å². The Balaban J connectivity index is 1.80. The number of H-pyrrole nitrogens is 1. The van der Waals surface area contributed by atoms with Gasteiger partial charge in [-0.05, 0) is 41.7 Å². The first-order valence-electron chi connectivity index (χ1n) is 8.22. The normalized spacial score (nSPS) is 12.8. The number of nitrogens with zero attached hydrogens (tertiary/aromatic N) is 2. The molecule has 0 aliphatic carbocycles. The van der Waals surface area contributed by atoms with Crippen LogP contribution >= 0.6 is 18.2 Å². The first kappa shape index (κ1) is 19.6. The monoisotopic (exact) mass is 437 g/mol. The predicted molar refractivity (Wildman–Crippen MR) is 104 cm³/mol. The van der Waals surface area contributed by atoms with Crippen molar-refractivity contribution in [1.29, 1.82) is 0 Å². The Labute approximate surface area is 169 Å². The van der Waals surface area contributed by atoms with Gasteiger partial charge in [0.25, 0.3) is 0 Å². The molecule has 10 nitrogen and oxygen atoms in total. The summed E-state index contributed by atoms with van der Waals surface area (Å²) >= 11 is 0.414. The van der Waals surface area contributed by atoms with E-state index < -0.39 is 6.80 Å². The van der Waals surface area contributed by atoms with Crippen LogP contribution in [-0.4, -0.2) is 46.2 Å². The minimum atomic E-state index is -4.37. The maximum atomic E-state index is 11.5. The van der Waals surface area contributed by atoms with Gasteiger partial charge in [-0.1, -0.05) is 0 Å². The van der Waals surface area contributed by atoms with Crippen LogP contribution in [-0.2, 0) is 4.57 Å². The summed E-state index contributed by atoms with van der Waals surface area (Å²) in [6, 6.07) is 8.46. The fourth-order valence-electron chi connectivity index (χ4n) is 2.92. The van der Waals surface area contributed by atoms with Crippen molar-refractivity contribution in [2.24, 2.45) is 0 Å². The van der Waals surface area contributed by atoms with Crippen LogP contribution in [0.1, 0.15) is 0 Å². The molecule has 0 saturated carbocycles. The minimum absolute atomic E-state index is 0.0995. The van der Waals surface area contributed by atoms with Crippen molar-refractivity contribution in [2.45, 2.75) is 4.90 Å². The highest BCUT2D eigenvalue weighted by atomic mass is 32.7. The third-order valence-electron chi connectivity index (χ3n) is 4.13. The van der Waals surface area contributed by atoms with E-state index in [0.29, 0.717) is 56.9 Å². The summed E-state index contributed by atoms with van der Waals surface area (Å²) in [5.41, 5.74) is 2.28. The fraction of sp³-hybridized carbons (Fsp3) is 0.176. The van der Waals surface area contributed by atoms with E-state index in [1.807, 2.05) is 0 Å². The maximum absolute atomic E-state index is 11.5. The van der Waals surface area contributed by atoms with Crippen LogP contribution in [0.4, 0.5) is 0 Å². The molecule has 0 fully saturated rings. The van der Waals surface area contributed by atoms with E-state index in [-0.39, 0.29) is 11.7 Å². The molecule has 4 rings (SSSR count).